The van der Waals surface area contributed by atoms with E-state index < -0.39 is 86.8 Å². The van der Waals surface area contributed by atoms with Crippen LogP contribution in [0.2, 0.25) is 0 Å². The summed E-state index contributed by atoms with van der Waals surface area (Å²) >= 11 is 0. The zero-order valence-corrected chi connectivity index (χ0v) is 36.1. The molecule has 2 heterocycles. The van der Waals surface area contributed by atoms with E-state index in [1.165, 1.54) is 103 Å². The summed E-state index contributed by atoms with van der Waals surface area (Å²) in [5.41, 5.74) is 0. The van der Waals surface area contributed by atoms with E-state index in [2.05, 4.69) is 19.2 Å². The number of nitrogens with one attached hydrogen (secondary N) is 1. The summed E-state index contributed by atoms with van der Waals surface area (Å²) in [6.45, 7) is 2.81. The number of hydrogen-bond donors (Lipinski definition) is 9. The molecule has 1 amide bonds. The molecule has 2 aliphatic rings. The third kappa shape index (κ3) is 20.7. The Labute approximate surface area is 349 Å². The highest BCUT2D eigenvalue weighted by molar-refractivity contribution is 5.76. The summed E-state index contributed by atoms with van der Waals surface area (Å²) < 4.78 is 22.7. The van der Waals surface area contributed by atoms with Crippen molar-refractivity contribution in [2.24, 2.45) is 0 Å². The second-order valence-electron chi connectivity index (χ2n) is 16.9. The van der Waals surface area contributed by atoms with Crippen molar-refractivity contribution < 1.29 is 64.6 Å². The summed E-state index contributed by atoms with van der Waals surface area (Å²) in [4.78, 5) is 13.1. The lowest BCUT2D eigenvalue weighted by Gasteiger charge is -2.46. The third-order valence-electron chi connectivity index (χ3n) is 11.8. The Balaban J connectivity index is 1.86. The van der Waals surface area contributed by atoms with Gasteiger partial charge in [0.1, 0.15) is 48.8 Å². The number of carbonyl (C=O) groups is 1. The SMILES string of the molecule is CCCCCCCCCCCCCCCCCC(O)C(COC1OC(CO)C(OC2OC(CO)C(O)C(O)C2O)C(O)C1O)NC(=O)CCCCCCCCCCC. The number of ether oxygens (including phenoxy) is 4. The molecule has 14 nitrogen and oxygen atoms in total. The average molecular weight is 836 g/mol. The standard InChI is InChI=1S/C44H85NO13/c1-3-5-7-9-11-13-14-15-16-17-18-20-21-23-25-27-33(48)32(45-36(49)28-26-24-22-19-12-10-8-6-4-2)31-55-43-41(54)39(52)42(35(30-47)57-43)58-44-40(53)38(51)37(50)34(29-46)56-44/h32-35,37-44,46-48,50-54H,3-31H2,1-2H3,(H,45,49). The van der Waals surface area contributed by atoms with E-state index in [-0.39, 0.29) is 12.5 Å². The second kappa shape index (κ2) is 32.7. The monoisotopic (exact) mass is 836 g/mol. The molecule has 2 rings (SSSR count). The van der Waals surface area contributed by atoms with Crippen molar-refractivity contribution in [1.82, 2.24) is 5.32 Å². The van der Waals surface area contributed by atoms with Crippen LogP contribution in [0.1, 0.15) is 181 Å². The Morgan fingerprint density at radius 1 is 0.552 bits per heavy atom. The van der Waals surface area contributed by atoms with Crippen LogP contribution in [0.3, 0.4) is 0 Å². The number of amides is 1. The molecule has 0 aromatic heterocycles. The zero-order chi connectivity index (χ0) is 42.5. The largest absolute Gasteiger partial charge is 0.394 e. The predicted octanol–water partition coefficient (Wildman–Crippen LogP) is 4.66. The molecule has 2 fully saturated rings. The molecular weight excluding hydrogens is 750 g/mol. The molecule has 14 heteroatoms. The summed E-state index contributed by atoms with van der Waals surface area (Å²) in [7, 11) is 0. The Morgan fingerprint density at radius 2 is 0.983 bits per heavy atom. The molecule has 58 heavy (non-hydrogen) atoms. The van der Waals surface area contributed by atoms with Gasteiger partial charge in [-0.15, -0.1) is 0 Å². The maximum absolute atomic E-state index is 13.1. The van der Waals surface area contributed by atoms with Gasteiger partial charge in [-0.3, -0.25) is 4.79 Å². The zero-order valence-electron chi connectivity index (χ0n) is 36.1. The van der Waals surface area contributed by atoms with Gasteiger partial charge in [0, 0.05) is 6.42 Å². The van der Waals surface area contributed by atoms with Gasteiger partial charge in [0.15, 0.2) is 12.6 Å². The molecule has 12 atom stereocenters. The van der Waals surface area contributed by atoms with Crippen LogP contribution in [-0.2, 0) is 23.7 Å². The molecule has 0 aromatic carbocycles. The minimum Gasteiger partial charge on any atom is -0.394 e. The summed E-state index contributed by atoms with van der Waals surface area (Å²) in [6, 6.07) is -0.818. The van der Waals surface area contributed by atoms with Crippen LogP contribution in [0, 0.1) is 0 Å². The molecule has 0 bridgehead atoms. The minimum atomic E-state index is -1.78. The van der Waals surface area contributed by atoms with Crippen LogP contribution >= 0.6 is 0 Å². The van der Waals surface area contributed by atoms with Gasteiger partial charge in [0.25, 0.3) is 0 Å². The molecule has 2 saturated heterocycles. The first-order chi connectivity index (χ1) is 28.1. The van der Waals surface area contributed by atoms with Gasteiger partial charge in [0.2, 0.25) is 5.91 Å². The third-order valence-corrected chi connectivity index (χ3v) is 11.8. The van der Waals surface area contributed by atoms with Crippen LogP contribution in [0.15, 0.2) is 0 Å². The Bertz CT molecular complexity index is 993. The Kier molecular flexibility index (Phi) is 29.9. The molecule has 0 radical (unpaired) electrons. The molecular formula is C44H85NO13. The first-order valence-electron chi connectivity index (χ1n) is 23.3. The van der Waals surface area contributed by atoms with Crippen molar-refractivity contribution in [2.45, 2.75) is 254 Å². The smallest absolute Gasteiger partial charge is 0.220 e. The number of hydrogen-bond acceptors (Lipinski definition) is 13. The number of aliphatic hydroxyl groups is 8. The maximum Gasteiger partial charge on any atom is 0.220 e. The quantitative estimate of drug-likeness (QED) is 0.0397. The van der Waals surface area contributed by atoms with Gasteiger partial charge >= 0.3 is 0 Å². The topological polar surface area (TPSA) is 228 Å². The normalized spacial score (nSPS) is 28.7. The van der Waals surface area contributed by atoms with Crippen molar-refractivity contribution in [2.75, 3.05) is 19.8 Å². The highest BCUT2D eigenvalue weighted by Crippen LogP contribution is 2.30. The molecule has 2 aliphatic heterocycles. The van der Waals surface area contributed by atoms with Crippen LogP contribution < -0.4 is 5.32 Å². The van der Waals surface area contributed by atoms with Crippen molar-refractivity contribution in [3.05, 3.63) is 0 Å². The van der Waals surface area contributed by atoms with Gasteiger partial charge in [0.05, 0.1) is 32.0 Å². The van der Waals surface area contributed by atoms with Gasteiger partial charge in [-0.05, 0) is 12.8 Å². The van der Waals surface area contributed by atoms with E-state index >= 15 is 0 Å². The van der Waals surface area contributed by atoms with Gasteiger partial charge in [-0.25, -0.2) is 0 Å². The fourth-order valence-electron chi connectivity index (χ4n) is 7.94. The van der Waals surface area contributed by atoms with Crippen LogP contribution in [0.25, 0.3) is 0 Å². The van der Waals surface area contributed by atoms with Gasteiger partial charge < -0.3 is 65.1 Å². The van der Waals surface area contributed by atoms with E-state index in [4.69, 9.17) is 18.9 Å². The maximum atomic E-state index is 13.1. The number of rotatable bonds is 35. The minimum absolute atomic E-state index is 0.210. The molecule has 0 spiro atoms. The fraction of sp³-hybridized carbons (Fsp3) is 0.977. The highest BCUT2D eigenvalue weighted by atomic mass is 16.7. The second-order valence-corrected chi connectivity index (χ2v) is 16.9. The predicted molar refractivity (Wildman–Crippen MR) is 222 cm³/mol. The van der Waals surface area contributed by atoms with E-state index in [9.17, 15) is 45.6 Å². The van der Waals surface area contributed by atoms with Gasteiger partial charge in [-0.2, -0.15) is 0 Å². The molecule has 344 valence electrons. The van der Waals surface area contributed by atoms with E-state index in [0.717, 1.165) is 51.4 Å². The Morgan fingerprint density at radius 3 is 1.47 bits per heavy atom. The highest BCUT2D eigenvalue weighted by Gasteiger charge is 2.51. The van der Waals surface area contributed by atoms with E-state index in [1.54, 1.807) is 0 Å². The van der Waals surface area contributed by atoms with Crippen LogP contribution in [0.5, 0.6) is 0 Å². The summed E-state index contributed by atoms with van der Waals surface area (Å²) in [5.74, 6) is -0.210. The van der Waals surface area contributed by atoms with Crippen molar-refractivity contribution in [3.8, 4) is 0 Å². The summed E-state index contributed by atoms with van der Waals surface area (Å²) in [6.07, 6.45) is 12.6. The van der Waals surface area contributed by atoms with Crippen molar-refractivity contribution >= 4 is 5.91 Å². The first kappa shape index (κ1) is 53.1. The van der Waals surface area contributed by atoms with Crippen molar-refractivity contribution in [1.29, 1.82) is 0 Å². The van der Waals surface area contributed by atoms with E-state index in [0.29, 0.717) is 12.8 Å². The van der Waals surface area contributed by atoms with Crippen molar-refractivity contribution in [3.63, 3.8) is 0 Å². The Hall–Kier alpha value is -1.01. The first-order valence-corrected chi connectivity index (χ1v) is 23.3. The lowest BCUT2D eigenvalue weighted by molar-refractivity contribution is -0.359. The molecule has 0 aromatic rings. The fourth-order valence-corrected chi connectivity index (χ4v) is 7.94. The van der Waals surface area contributed by atoms with Crippen LogP contribution in [-0.4, -0.2) is 140 Å². The molecule has 0 aliphatic carbocycles. The lowest BCUT2D eigenvalue weighted by atomic mass is 9.97. The number of unbranched alkanes of at least 4 members (excludes halogenated alkanes) is 22. The number of carbonyl (C=O) groups excluding carboxylic acids is 1. The summed E-state index contributed by atoms with van der Waals surface area (Å²) in [5, 5.41) is 86.5. The van der Waals surface area contributed by atoms with E-state index in [1.807, 2.05) is 0 Å². The lowest BCUT2D eigenvalue weighted by Crippen LogP contribution is -2.65. The van der Waals surface area contributed by atoms with Crippen LogP contribution in [0.4, 0.5) is 0 Å². The number of aliphatic hydroxyl groups excluding tert-OH is 8. The molecule has 12 unspecified atom stereocenters. The molecule has 0 saturated carbocycles. The van der Waals surface area contributed by atoms with Gasteiger partial charge in [-0.1, -0.05) is 162 Å². The molecule has 9 N–H and O–H groups in total. The average Bonchev–Trinajstić information content (AvgIpc) is 3.22.